The Balaban J connectivity index is 2.00. The maximum Gasteiger partial charge on any atom is 0.247 e. The number of likely N-dealkylation sites (N-methyl/N-ethyl adjacent to an activating group) is 1. The Morgan fingerprint density at radius 2 is 1.91 bits per heavy atom. The molecule has 5 heteroatoms. The molecule has 0 spiro atoms. The van der Waals surface area contributed by atoms with Gasteiger partial charge in [-0.15, -0.1) is 0 Å². The van der Waals surface area contributed by atoms with Crippen molar-refractivity contribution in [3.8, 4) is 0 Å². The van der Waals surface area contributed by atoms with E-state index in [0.717, 1.165) is 5.56 Å². The largest absolute Gasteiger partial charge is 0.342 e. The van der Waals surface area contributed by atoms with Crippen molar-refractivity contribution in [2.75, 3.05) is 20.1 Å². The van der Waals surface area contributed by atoms with Gasteiger partial charge in [-0.05, 0) is 31.5 Å². The summed E-state index contributed by atoms with van der Waals surface area (Å²) in [6.45, 7) is 4.63. The molecule has 0 radical (unpaired) electrons. The minimum atomic E-state index is -0.812. The van der Waals surface area contributed by atoms with Gasteiger partial charge in [0, 0.05) is 26.6 Å². The van der Waals surface area contributed by atoms with Gasteiger partial charge in [-0.25, -0.2) is 4.39 Å². The number of carbonyl (C=O) groups is 2. The molecular weight excluding hydrogens is 283 g/mol. The Bertz CT molecular complexity index is 593. The summed E-state index contributed by atoms with van der Waals surface area (Å²) in [7, 11) is 1.75. The summed E-state index contributed by atoms with van der Waals surface area (Å²) in [5.74, 6) is -0.412. The predicted molar refractivity (Wildman–Crippen MR) is 83.5 cm³/mol. The molecule has 0 N–H and O–H groups in total. The summed E-state index contributed by atoms with van der Waals surface area (Å²) in [4.78, 5) is 27.8. The van der Waals surface area contributed by atoms with E-state index in [-0.39, 0.29) is 24.1 Å². The minimum Gasteiger partial charge on any atom is -0.342 e. The van der Waals surface area contributed by atoms with E-state index in [0.29, 0.717) is 13.1 Å². The summed E-state index contributed by atoms with van der Waals surface area (Å²) < 4.78 is 12.8. The fourth-order valence-corrected chi connectivity index (χ4v) is 2.63. The topological polar surface area (TPSA) is 40.6 Å². The summed E-state index contributed by atoms with van der Waals surface area (Å²) in [5.41, 5.74) is 0.0243. The van der Waals surface area contributed by atoms with Crippen LogP contribution in [0.25, 0.3) is 6.08 Å². The minimum absolute atomic E-state index is 0.0467. The van der Waals surface area contributed by atoms with Crippen LogP contribution in [0.2, 0.25) is 0 Å². The highest BCUT2D eigenvalue weighted by atomic mass is 19.1. The van der Waals surface area contributed by atoms with Gasteiger partial charge in [-0.2, -0.15) is 0 Å². The molecule has 0 bridgehead atoms. The van der Waals surface area contributed by atoms with Crippen LogP contribution in [0.3, 0.4) is 0 Å². The smallest absolute Gasteiger partial charge is 0.247 e. The van der Waals surface area contributed by atoms with Crippen LogP contribution in [0.4, 0.5) is 4.39 Å². The van der Waals surface area contributed by atoms with Gasteiger partial charge in [0.25, 0.3) is 0 Å². The summed E-state index contributed by atoms with van der Waals surface area (Å²) in [6, 6.07) is 6.06. The van der Waals surface area contributed by atoms with Gasteiger partial charge in [0.05, 0.1) is 0 Å². The molecule has 1 aliphatic heterocycles. The quantitative estimate of drug-likeness (QED) is 0.860. The molecule has 1 saturated heterocycles. The van der Waals surface area contributed by atoms with Crippen LogP contribution in [-0.2, 0) is 9.59 Å². The van der Waals surface area contributed by atoms with E-state index in [1.165, 1.54) is 12.1 Å². The lowest BCUT2D eigenvalue weighted by Gasteiger charge is -2.44. The van der Waals surface area contributed by atoms with Gasteiger partial charge in [-0.1, -0.05) is 24.3 Å². The van der Waals surface area contributed by atoms with E-state index in [2.05, 4.69) is 0 Å². The number of hydrogen-bond donors (Lipinski definition) is 0. The average molecular weight is 304 g/mol. The highest BCUT2D eigenvalue weighted by Gasteiger charge is 2.42. The van der Waals surface area contributed by atoms with Crippen LogP contribution in [-0.4, -0.2) is 47.3 Å². The molecule has 1 aromatic carbocycles. The van der Waals surface area contributed by atoms with E-state index >= 15 is 0 Å². The van der Waals surface area contributed by atoms with Gasteiger partial charge in [-0.3, -0.25) is 9.59 Å². The number of benzene rings is 1. The first kappa shape index (κ1) is 16.2. The van der Waals surface area contributed by atoms with Crippen molar-refractivity contribution in [3.63, 3.8) is 0 Å². The standard InChI is InChI=1S/C17H21FN2O2/c1-17(2)16(22)19(3)11-12-20(17)15(21)6-4-5-13-7-9-14(18)10-8-13/h4-5,7-10H,6,11-12H2,1-3H3. The monoisotopic (exact) mass is 304 g/mol. The second-order valence-corrected chi connectivity index (χ2v) is 5.99. The summed E-state index contributed by atoms with van der Waals surface area (Å²) in [5, 5.41) is 0. The molecule has 2 amide bonds. The fourth-order valence-electron chi connectivity index (χ4n) is 2.63. The summed E-state index contributed by atoms with van der Waals surface area (Å²) >= 11 is 0. The Morgan fingerprint density at radius 1 is 1.27 bits per heavy atom. The zero-order valence-corrected chi connectivity index (χ0v) is 13.2. The lowest BCUT2D eigenvalue weighted by Crippen LogP contribution is -2.63. The molecular formula is C17H21FN2O2. The molecule has 4 nitrogen and oxygen atoms in total. The number of piperazine rings is 1. The van der Waals surface area contributed by atoms with Crippen molar-refractivity contribution in [2.45, 2.75) is 25.8 Å². The van der Waals surface area contributed by atoms with Gasteiger partial charge in [0.1, 0.15) is 11.4 Å². The first-order chi connectivity index (χ1) is 10.3. The van der Waals surface area contributed by atoms with E-state index in [1.54, 1.807) is 55.0 Å². The average Bonchev–Trinajstić information content (AvgIpc) is 2.47. The molecule has 1 fully saturated rings. The second kappa shape index (κ2) is 6.30. The molecule has 22 heavy (non-hydrogen) atoms. The van der Waals surface area contributed by atoms with Crippen molar-refractivity contribution >= 4 is 17.9 Å². The van der Waals surface area contributed by atoms with Crippen molar-refractivity contribution in [2.24, 2.45) is 0 Å². The number of carbonyl (C=O) groups excluding carboxylic acids is 2. The highest BCUT2D eigenvalue weighted by Crippen LogP contribution is 2.22. The number of amides is 2. The second-order valence-electron chi connectivity index (χ2n) is 5.99. The molecule has 0 saturated carbocycles. The van der Waals surface area contributed by atoms with Crippen LogP contribution in [0.15, 0.2) is 30.3 Å². The van der Waals surface area contributed by atoms with E-state index in [9.17, 15) is 14.0 Å². The normalized spacial score (nSPS) is 18.1. The molecule has 1 heterocycles. The SMILES string of the molecule is CN1CCN(C(=O)CC=Cc2ccc(F)cc2)C(C)(C)C1=O. The van der Waals surface area contributed by atoms with Gasteiger partial charge in [0.2, 0.25) is 11.8 Å². The molecule has 0 unspecified atom stereocenters. The number of halogens is 1. The molecule has 1 aliphatic rings. The van der Waals surface area contributed by atoms with E-state index in [1.807, 2.05) is 0 Å². The molecule has 118 valence electrons. The lowest BCUT2D eigenvalue weighted by molar-refractivity contribution is -0.156. The number of hydrogen-bond acceptors (Lipinski definition) is 2. The van der Waals surface area contributed by atoms with Crippen LogP contribution >= 0.6 is 0 Å². The van der Waals surface area contributed by atoms with Crippen molar-refractivity contribution in [3.05, 3.63) is 41.7 Å². The van der Waals surface area contributed by atoms with E-state index in [4.69, 9.17) is 0 Å². The Hall–Kier alpha value is -2.17. The van der Waals surface area contributed by atoms with Crippen LogP contribution in [0, 0.1) is 5.82 Å². The van der Waals surface area contributed by atoms with Crippen LogP contribution < -0.4 is 0 Å². The third-order valence-electron chi connectivity index (χ3n) is 3.98. The first-order valence-electron chi connectivity index (χ1n) is 7.30. The number of rotatable bonds is 3. The molecule has 0 atom stereocenters. The lowest BCUT2D eigenvalue weighted by atomic mass is 9.97. The van der Waals surface area contributed by atoms with Crippen LogP contribution in [0.5, 0.6) is 0 Å². The number of nitrogens with zero attached hydrogens (tertiary/aromatic N) is 2. The van der Waals surface area contributed by atoms with Crippen molar-refractivity contribution in [1.82, 2.24) is 9.80 Å². The predicted octanol–water partition coefficient (Wildman–Crippen LogP) is 2.31. The summed E-state index contributed by atoms with van der Waals surface area (Å²) in [6.07, 6.45) is 3.74. The van der Waals surface area contributed by atoms with Gasteiger partial charge < -0.3 is 9.80 Å². The molecule has 0 aromatic heterocycles. The molecule has 2 rings (SSSR count). The Morgan fingerprint density at radius 3 is 2.55 bits per heavy atom. The zero-order valence-electron chi connectivity index (χ0n) is 13.2. The van der Waals surface area contributed by atoms with Gasteiger partial charge in [0.15, 0.2) is 0 Å². The third-order valence-corrected chi connectivity index (χ3v) is 3.98. The van der Waals surface area contributed by atoms with Crippen molar-refractivity contribution in [1.29, 1.82) is 0 Å². The fraction of sp³-hybridized carbons (Fsp3) is 0.412. The zero-order chi connectivity index (χ0) is 16.3. The van der Waals surface area contributed by atoms with Gasteiger partial charge >= 0.3 is 0 Å². The van der Waals surface area contributed by atoms with Crippen LogP contribution in [0.1, 0.15) is 25.8 Å². The van der Waals surface area contributed by atoms with Crippen molar-refractivity contribution < 1.29 is 14.0 Å². The maximum atomic E-state index is 12.8. The molecule has 1 aromatic rings. The molecule has 0 aliphatic carbocycles. The highest BCUT2D eigenvalue weighted by molar-refractivity contribution is 5.92. The Labute approximate surface area is 130 Å². The van der Waals surface area contributed by atoms with E-state index < -0.39 is 5.54 Å². The third kappa shape index (κ3) is 3.35. The first-order valence-corrected chi connectivity index (χ1v) is 7.30. The Kier molecular flexibility index (Phi) is 4.64. The maximum absolute atomic E-state index is 12.8.